The molecule has 1 aliphatic carbocycles. The van der Waals surface area contributed by atoms with E-state index in [1.165, 1.54) is 36.8 Å². The van der Waals surface area contributed by atoms with Gasteiger partial charge in [-0.15, -0.1) is 0 Å². The largest absolute Gasteiger partial charge is 0.469 e. The molecule has 1 aliphatic rings. The molecule has 1 fully saturated rings. The van der Waals surface area contributed by atoms with E-state index in [-0.39, 0.29) is 53.5 Å². The third kappa shape index (κ3) is 4.99. The van der Waals surface area contributed by atoms with Crippen LogP contribution in [0, 0.1) is 17.7 Å². The van der Waals surface area contributed by atoms with Crippen LogP contribution < -0.4 is 16.6 Å². The lowest BCUT2D eigenvalue weighted by Crippen LogP contribution is -2.41. The molecule has 10 nitrogen and oxygen atoms in total. The highest BCUT2D eigenvalue weighted by Gasteiger charge is 2.44. The van der Waals surface area contributed by atoms with Crippen LogP contribution >= 0.6 is 0 Å². The average Bonchev–Trinajstić information content (AvgIpc) is 3.55. The highest BCUT2D eigenvalue weighted by atomic mass is 19.1. The zero-order valence-corrected chi connectivity index (χ0v) is 20.9. The van der Waals surface area contributed by atoms with Crippen LogP contribution in [0.5, 0.6) is 0 Å². The molecule has 0 bridgehead atoms. The number of aromatic nitrogens is 4. The Balaban J connectivity index is 1.54. The Labute approximate surface area is 216 Å². The van der Waals surface area contributed by atoms with Gasteiger partial charge in [0.05, 0.1) is 19.6 Å². The molecule has 0 saturated heterocycles. The van der Waals surface area contributed by atoms with Gasteiger partial charge in [0, 0.05) is 31.1 Å². The molecule has 2 aromatic heterocycles. The Kier molecular flexibility index (Phi) is 6.66. The van der Waals surface area contributed by atoms with Gasteiger partial charge < -0.3 is 15.0 Å². The molecular formula is C27H26FN5O5. The van der Waals surface area contributed by atoms with Gasteiger partial charge in [-0.05, 0) is 36.1 Å². The number of hydrogen-bond acceptors (Lipinski definition) is 6. The number of esters is 1. The molecule has 0 aliphatic heterocycles. The summed E-state index contributed by atoms with van der Waals surface area (Å²) in [7, 11) is 1.32. The number of imidazole rings is 1. The van der Waals surface area contributed by atoms with Crippen LogP contribution in [0.2, 0.25) is 0 Å². The molecule has 4 aromatic rings. The van der Waals surface area contributed by atoms with Gasteiger partial charge in [-0.1, -0.05) is 30.3 Å². The van der Waals surface area contributed by atoms with Crippen LogP contribution in [0.15, 0.2) is 58.1 Å². The monoisotopic (exact) mass is 519 g/mol. The summed E-state index contributed by atoms with van der Waals surface area (Å²) >= 11 is 0. The lowest BCUT2D eigenvalue weighted by atomic mass is 10.1. The molecule has 2 heterocycles. The average molecular weight is 520 g/mol. The highest BCUT2D eigenvalue weighted by Crippen LogP contribution is 2.40. The first-order valence-electron chi connectivity index (χ1n) is 12.1. The van der Waals surface area contributed by atoms with Gasteiger partial charge in [-0.25, -0.2) is 14.2 Å². The highest BCUT2D eigenvalue weighted by molar-refractivity contribution is 5.88. The second kappa shape index (κ2) is 10.1. The number of benzene rings is 2. The van der Waals surface area contributed by atoms with Gasteiger partial charge in [0.1, 0.15) is 17.2 Å². The zero-order valence-electron chi connectivity index (χ0n) is 20.9. The number of fused-ring (bicyclic) bond motifs is 1. The molecule has 38 heavy (non-hydrogen) atoms. The molecule has 0 unspecified atom stereocenters. The van der Waals surface area contributed by atoms with Crippen molar-refractivity contribution in [3.63, 3.8) is 0 Å². The summed E-state index contributed by atoms with van der Waals surface area (Å²) < 4.78 is 21.6. The maximum atomic E-state index is 14.4. The fraction of sp³-hybridized carbons (Fsp3) is 0.296. The SMILES string of the molecule is COC(=O)[C@H]1C[C@H]1Cn1c(=O)n(Cc2ccccc2F)c(=O)c2[nH]c(Cc3ccc(NC(C)=O)cc3)nc21. The third-order valence-electron chi connectivity index (χ3n) is 6.69. The summed E-state index contributed by atoms with van der Waals surface area (Å²) in [6, 6.07) is 13.1. The van der Waals surface area contributed by atoms with Crippen molar-refractivity contribution in [1.82, 2.24) is 19.1 Å². The van der Waals surface area contributed by atoms with Crippen molar-refractivity contribution in [1.29, 1.82) is 0 Å². The zero-order chi connectivity index (χ0) is 27.0. The quantitative estimate of drug-likeness (QED) is 0.344. The normalized spacial score (nSPS) is 16.4. The number of anilines is 1. The van der Waals surface area contributed by atoms with Gasteiger partial charge in [0.2, 0.25) is 5.91 Å². The fourth-order valence-electron chi connectivity index (χ4n) is 4.63. The lowest BCUT2D eigenvalue weighted by molar-refractivity contribution is -0.142. The number of nitrogens with zero attached hydrogens (tertiary/aromatic N) is 3. The smallest absolute Gasteiger partial charge is 0.333 e. The Morgan fingerprint density at radius 1 is 1.13 bits per heavy atom. The van der Waals surface area contributed by atoms with Crippen LogP contribution in [0.3, 0.4) is 0 Å². The lowest BCUT2D eigenvalue weighted by Gasteiger charge is -2.11. The van der Waals surface area contributed by atoms with E-state index in [4.69, 9.17) is 4.74 Å². The number of carbonyl (C=O) groups excluding carboxylic acids is 2. The van der Waals surface area contributed by atoms with Crippen molar-refractivity contribution in [3.8, 4) is 0 Å². The second-order valence-electron chi connectivity index (χ2n) is 9.44. The molecule has 0 spiro atoms. The third-order valence-corrected chi connectivity index (χ3v) is 6.69. The molecule has 1 saturated carbocycles. The van der Waals surface area contributed by atoms with Gasteiger partial charge in [0.15, 0.2) is 5.65 Å². The van der Waals surface area contributed by atoms with Crippen LogP contribution in [0.1, 0.15) is 30.3 Å². The van der Waals surface area contributed by atoms with Crippen molar-refractivity contribution in [2.24, 2.45) is 11.8 Å². The number of nitrogens with one attached hydrogen (secondary N) is 2. The molecular weight excluding hydrogens is 493 g/mol. The number of rotatable bonds is 8. The Bertz CT molecular complexity index is 1650. The summed E-state index contributed by atoms with van der Waals surface area (Å²) in [5.41, 5.74) is 0.803. The van der Waals surface area contributed by atoms with Gasteiger partial charge in [-0.3, -0.25) is 23.5 Å². The summed E-state index contributed by atoms with van der Waals surface area (Å²) in [6.07, 6.45) is 0.898. The van der Waals surface area contributed by atoms with Crippen molar-refractivity contribution in [2.45, 2.75) is 32.9 Å². The molecule has 2 N–H and O–H groups in total. The second-order valence-corrected chi connectivity index (χ2v) is 9.44. The number of hydrogen-bond donors (Lipinski definition) is 2. The minimum Gasteiger partial charge on any atom is -0.469 e. The fourth-order valence-corrected chi connectivity index (χ4v) is 4.63. The Hall–Kier alpha value is -4.54. The van der Waals surface area contributed by atoms with E-state index in [0.29, 0.717) is 24.4 Å². The molecule has 1 amide bonds. The first-order chi connectivity index (χ1) is 18.2. The maximum absolute atomic E-state index is 14.4. The summed E-state index contributed by atoms with van der Waals surface area (Å²) in [4.78, 5) is 57.8. The van der Waals surface area contributed by atoms with Crippen molar-refractivity contribution in [3.05, 3.63) is 92.1 Å². The number of amides is 1. The minimum absolute atomic E-state index is 0.126. The molecule has 2 atom stereocenters. The van der Waals surface area contributed by atoms with Crippen molar-refractivity contribution < 1.29 is 18.7 Å². The first-order valence-corrected chi connectivity index (χ1v) is 12.1. The number of carbonyl (C=O) groups is 2. The van der Waals surface area contributed by atoms with E-state index in [1.54, 1.807) is 18.2 Å². The number of methoxy groups -OCH3 is 1. The first kappa shape index (κ1) is 25.1. The predicted octanol–water partition coefficient (Wildman–Crippen LogP) is 2.43. The van der Waals surface area contributed by atoms with Gasteiger partial charge in [0.25, 0.3) is 5.56 Å². The number of ether oxygens (including phenoxy) is 1. The minimum atomic E-state index is -0.626. The van der Waals surface area contributed by atoms with Crippen LogP contribution in [0.25, 0.3) is 11.2 Å². The number of H-pyrrole nitrogens is 1. The molecule has 5 rings (SSSR count). The number of aromatic amines is 1. The van der Waals surface area contributed by atoms with E-state index in [0.717, 1.165) is 10.1 Å². The molecule has 11 heteroatoms. The predicted molar refractivity (Wildman–Crippen MR) is 137 cm³/mol. The van der Waals surface area contributed by atoms with Crippen LogP contribution in [-0.2, 0) is 33.8 Å². The van der Waals surface area contributed by atoms with Crippen molar-refractivity contribution >= 4 is 28.7 Å². The van der Waals surface area contributed by atoms with E-state index < -0.39 is 17.1 Å². The van der Waals surface area contributed by atoms with Crippen molar-refractivity contribution in [2.75, 3.05) is 12.4 Å². The summed E-state index contributed by atoms with van der Waals surface area (Å²) in [5.74, 6) is -1.04. The topological polar surface area (TPSA) is 128 Å². The Morgan fingerprint density at radius 2 is 1.87 bits per heavy atom. The maximum Gasteiger partial charge on any atom is 0.333 e. The summed E-state index contributed by atoms with van der Waals surface area (Å²) in [5, 5.41) is 2.70. The van der Waals surface area contributed by atoms with E-state index in [2.05, 4.69) is 15.3 Å². The van der Waals surface area contributed by atoms with E-state index in [1.807, 2.05) is 12.1 Å². The summed E-state index contributed by atoms with van der Waals surface area (Å²) in [6.45, 7) is 1.35. The van der Waals surface area contributed by atoms with Crippen LogP contribution in [-0.4, -0.2) is 38.1 Å². The van der Waals surface area contributed by atoms with E-state index in [9.17, 15) is 23.6 Å². The van der Waals surface area contributed by atoms with E-state index >= 15 is 0 Å². The van der Waals surface area contributed by atoms with Gasteiger partial charge in [-0.2, -0.15) is 0 Å². The standard InChI is InChI=1S/C27H26FN5O5/c1-15(34)29-19-9-7-16(8-10-19)11-22-30-23-24(31-22)32(14-18-12-20(18)26(36)38-2)27(37)33(25(23)35)13-17-5-3-4-6-21(17)28/h3-10,18,20H,11-14H2,1-2H3,(H,29,34)(H,30,31)/t18-,20-/m0/s1. The van der Waals surface area contributed by atoms with Gasteiger partial charge >= 0.3 is 11.7 Å². The Morgan fingerprint density at radius 3 is 2.55 bits per heavy atom. The molecule has 196 valence electrons. The van der Waals surface area contributed by atoms with Crippen LogP contribution in [0.4, 0.5) is 10.1 Å². The number of halogens is 1. The molecule has 2 aromatic carbocycles. The molecule has 0 radical (unpaired) electrons.